The van der Waals surface area contributed by atoms with Gasteiger partial charge >= 0.3 is 0 Å². The predicted octanol–water partition coefficient (Wildman–Crippen LogP) is -1.38. The van der Waals surface area contributed by atoms with Crippen LogP contribution in [0.25, 0.3) is 0 Å². The third-order valence-corrected chi connectivity index (χ3v) is 0.440. The van der Waals surface area contributed by atoms with Crippen LogP contribution < -0.4 is 5.73 Å². The Bertz CT molecular complexity index is 45.6. The first kappa shape index (κ1) is 3.08. The van der Waals surface area contributed by atoms with Gasteiger partial charge in [0.05, 0.1) is 0 Å². The minimum atomic E-state index is -1.25. The maximum Gasteiger partial charge on any atom is 0.247 e. The molecule has 0 saturated carbocycles. The van der Waals surface area contributed by atoms with Gasteiger partial charge in [-0.3, -0.25) is 5.73 Å². The first-order chi connectivity index (χ1) is 2.21. The largest absolute Gasteiger partial charge is 0.352 e. The molecule has 0 amide bonds. The van der Waals surface area contributed by atoms with Crippen molar-refractivity contribution in [2.75, 3.05) is 6.61 Å². The number of epoxide rings is 1. The molecule has 3 nitrogen and oxygen atoms in total. The van der Waals surface area contributed by atoms with E-state index >= 15 is 0 Å². The van der Waals surface area contributed by atoms with Crippen molar-refractivity contribution >= 4 is 0 Å². The van der Waals surface area contributed by atoms with Gasteiger partial charge in [0.15, 0.2) is 0 Å². The van der Waals surface area contributed by atoms with Crippen LogP contribution in [0.1, 0.15) is 0 Å². The van der Waals surface area contributed by atoms with Gasteiger partial charge in [0, 0.05) is 0 Å². The van der Waals surface area contributed by atoms with Gasteiger partial charge in [0.2, 0.25) is 5.91 Å². The number of rotatable bonds is 0. The molecule has 0 bridgehead atoms. The van der Waals surface area contributed by atoms with E-state index < -0.39 is 5.91 Å². The summed E-state index contributed by atoms with van der Waals surface area (Å²) >= 11 is 0. The van der Waals surface area contributed by atoms with E-state index in [9.17, 15) is 0 Å². The molecular formula is C2H5NO2. The fraction of sp³-hybridized carbons (Fsp3) is 1.00. The highest BCUT2D eigenvalue weighted by molar-refractivity contribution is 4.68. The van der Waals surface area contributed by atoms with E-state index in [0.29, 0.717) is 0 Å². The second-order valence-electron chi connectivity index (χ2n) is 1.13. The van der Waals surface area contributed by atoms with Crippen molar-refractivity contribution in [3.63, 3.8) is 0 Å². The van der Waals surface area contributed by atoms with Gasteiger partial charge in [-0.1, -0.05) is 0 Å². The first-order valence-corrected chi connectivity index (χ1v) is 1.36. The van der Waals surface area contributed by atoms with Gasteiger partial charge < -0.3 is 9.84 Å². The van der Waals surface area contributed by atoms with Crippen LogP contribution in [0, 0.1) is 0 Å². The first-order valence-electron chi connectivity index (χ1n) is 1.36. The fourth-order valence-electron chi connectivity index (χ4n) is 0.0739. The summed E-state index contributed by atoms with van der Waals surface area (Å²) < 4.78 is 4.23. The van der Waals surface area contributed by atoms with E-state index in [0.717, 1.165) is 0 Å². The normalized spacial score (nSPS) is 49.2. The molecule has 0 aromatic rings. The Kier molecular flexibility index (Phi) is 0.320. The molecule has 1 atom stereocenters. The van der Waals surface area contributed by atoms with Gasteiger partial charge in [-0.25, -0.2) is 0 Å². The SMILES string of the molecule is N[C@@]1(O)CO1. The predicted molar refractivity (Wildman–Crippen MR) is 15.1 cm³/mol. The van der Waals surface area contributed by atoms with E-state index in [2.05, 4.69) is 4.74 Å². The topological polar surface area (TPSA) is 58.8 Å². The van der Waals surface area contributed by atoms with E-state index in [4.69, 9.17) is 10.8 Å². The molecule has 1 rings (SSSR count). The Hall–Kier alpha value is -0.120. The minimum Gasteiger partial charge on any atom is -0.352 e. The lowest BCUT2D eigenvalue weighted by Crippen LogP contribution is -2.21. The van der Waals surface area contributed by atoms with Crippen molar-refractivity contribution in [2.45, 2.75) is 5.91 Å². The third-order valence-electron chi connectivity index (χ3n) is 0.440. The molecule has 0 aliphatic carbocycles. The summed E-state index contributed by atoms with van der Waals surface area (Å²) in [4.78, 5) is 0. The molecule has 1 fully saturated rings. The number of hydrogen-bond donors (Lipinski definition) is 2. The lowest BCUT2D eigenvalue weighted by Gasteiger charge is -1.83. The summed E-state index contributed by atoms with van der Waals surface area (Å²) in [6.45, 7) is 0.285. The van der Waals surface area contributed by atoms with Crippen LogP contribution in [0.3, 0.4) is 0 Å². The molecule has 0 aromatic carbocycles. The number of ether oxygens (including phenoxy) is 1. The Labute approximate surface area is 29.3 Å². The molecule has 1 aliphatic heterocycles. The van der Waals surface area contributed by atoms with Crippen molar-refractivity contribution in [1.29, 1.82) is 0 Å². The molecular weight excluding hydrogens is 70.0 g/mol. The summed E-state index contributed by atoms with van der Waals surface area (Å²) in [5.41, 5.74) is 4.80. The Morgan fingerprint density at radius 2 is 2.20 bits per heavy atom. The van der Waals surface area contributed by atoms with Crippen LogP contribution in [0.5, 0.6) is 0 Å². The average molecular weight is 75.1 g/mol. The second-order valence-corrected chi connectivity index (χ2v) is 1.13. The highest BCUT2D eigenvalue weighted by Gasteiger charge is 2.37. The zero-order valence-electron chi connectivity index (χ0n) is 2.64. The molecule has 0 radical (unpaired) electrons. The van der Waals surface area contributed by atoms with E-state index in [1.165, 1.54) is 0 Å². The van der Waals surface area contributed by atoms with Crippen molar-refractivity contribution in [3.05, 3.63) is 0 Å². The second kappa shape index (κ2) is 0.518. The Morgan fingerprint density at radius 1 is 2.00 bits per heavy atom. The molecule has 0 unspecified atom stereocenters. The maximum atomic E-state index is 8.19. The molecule has 3 N–H and O–H groups in total. The van der Waals surface area contributed by atoms with Crippen LogP contribution in [-0.2, 0) is 4.74 Å². The van der Waals surface area contributed by atoms with Crippen LogP contribution in [-0.4, -0.2) is 17.6 Å². The number of hydrogen-bond acceptors (Lipinski definition) is 3. The van der Waals surface area contributed by atoms with E-state index in [1.54, 1.807) is 0 Å². The number of nitrogens with two attached hydrogens (primary N) is 1. The van der Waals surface area contributed by atoms with Crippen molar-refractivity contribution in [2.24, 2.45) is 5.73 Å². The summed E-state index contributed by atoms with van der Waals surface area (Å²) in [5.74, 6) is -1.25. The molecule has 0 aromatic heterocycles. The smallest absolute Gasteiger partial charge is 0.247 e. The van der Waals surface area contributed by atoms with Gasteiger partial charge in [-0.15, -0.1) is 0 Å². The van der Waals surface area contributed by atoms with Gasteiger partial charge in [0.1, 0.15) is 6.61 Å². The molecule has 1 heterocycles. The fourth-order valence-corrected chi connectivity index (χ4v) is 0.0739. The van der Waals surface area contributed by atoms with Gasteiger partial charge in [-0.2, -0.15) is 0 Å². The van der Waals surface area contributed by atoms with E-state index in [-0.39, 0.29) is 6.61 Å². The third kappa shape index (κ3) is 0.576. The summed E-state index contributed by atoms with van der Waals surface area (Å²) in [5, 5.41) is 8.19. The molecule has 5 heavy (non-hydrogen) atoms. The molecule has 1 aliphatic rings. The summed E-state index contributed by atoms with van der Waals surface area (Å²) in [7, 11) is 0. The average Bonchev–Trinajstić information content (AvgIpc) is 1.76. The van der Waals surface area contributed by atoms with Crippen molar-refractivity contribution in [3.8, 4) is 0 Å². The monoisotopic (exact) mass is 75.0 g/mol. The highest BCUT2D eigenvalue weighted by atomic mass is 16.7. The molecule has 30 valence electrons. The lowest BCUT2D eigenvalue weighted by atomic mass is 10.7. The Balaban J connectivity index is 2.38. The van der Waals surface area contributed by atoms with Crippen LogP contribution >= 0.6 is 0 Å². The standard InChI is InChI=1S/C2H5NO2/c3-2(4)1-5-2/h4H,1,3H2/t2-/m1/s1. The number of aliphatic hydroxyl groups is 1. The van der Waals surface area contributed by atoms with E-state index in [1.807, 2.05) is 0 Å². The Morgan fingerprint density at radius 3 is 2.20 bits per heavy atom. The summed E-state index contributed by atoms with van der Waals surface area (Å²) in [6, 6.07) is 0. The molecule has 1 saturated heterocycles. The van der Waals surface area contributed by atoms with Gasteiger partial charge in [0.25, 0.3) is 0 Å². The van der Waals surface area contributed by atoms with Crippen LogP contribution in [0.2, 0.25) is 0 Å². The van der Waals surface area contributed by atoms with Crippen molar-refractivity contribution in [1.82, 2.24) is 0 Å². The van der Waals surface area contributed by atoms with Gasteiger partial charge in [-0.05, 0) is 0 Å². The summed E-state index contributed by atoms with van der Waals surface area (Å²) in [6.07, 6.45) is 0. The zero-order valence-corrected chi connectivity index (χ0v) is 2.64. The quantitative estimate of drug-likeness (QED) is 0.275. The molecule has 0 spiro atoms. The van der Waals surface area contributed by atoms with Crippen LogP contribution in [0.4, 0.5) is 0 Å². The maximum absolute atomic E-state index is 8.19. The van der Waals surface area contributed by atoms with Crippen molar-refractivity contribution < 1.29 is 9.84 Å². The van der Waals surface area contributed by atoms with Crippen LogP contribution in [0.15, 0.2) is 0 Å². The zero-order chi connectivity index (χ0) is 3.91. The minimum absolute atomic E-state index is 0.285. The lowest BCUT2D eigenvalue weighted by molar-refractivity contribution is 0.0431. The molecule has 3 heteroatoms. The highest BCUT2D eigenvalue weighted by Crippen LogP contribution is 2.12.